The van der Waals surface area contributed by atoms with E-state index in [-0.39, 0.29) is 10.8 Å². The van der Waals surface area contributed by atoms with Crippen LogP contribution in [0.1, 0.15) is 72.1 Å². The SMILES string of the molecule is CCOc1c(/C=C/C=C/C(C)=C/C(=O)O)cc(C(C)(C)C)cc1C(C)(C)C. The molecule has 0 aliphatic rings. The molecule has 148 valence electrons. The van der Waals surface area contributed by atoms with Gasteiger partial charge in [0.25, 0.3) is 0 Å². The first-order chi connectivity index (χ1) is 12.4. The molecule has 0 unspecified atom stereocenters. The predicted molar refractivity (Wildman–Crippen MR) is 115 cm³/mol. The summed E-state index contributed by atoms with van der Waals surface area (Å²) in [5.41, 5.74) is 4.19. The van der Waals surface area contributed by atoms with E-state index in [4.69, 9.17) is 9.84 Å². The molecule has 0 fully saturated rings. The average Bonchev–Trinajstić information content (AvgIpc) is 2.49. The molecule has 0 amide bonds. The highest BCUT2D eigenvalue weighted by atomic mass is 16.5. The van der Waals surface area contributed by atoms with Crippen LogP contribution in [0.4, 0.5) is 0 Å². The minimum Gasteiger partial charge on any atom is -0.493 e. The minimum absolute atomic E-state index is 0.0317. The lowest BCUT2D eigenvalue weighted by Crippen LogP contribution is -2.18. The minimum atomic E-state index is -0.938. The molecule has 1 aromatic carbocycles. The van der Waals surface area contributed by atoms with E-state index in [2.05, 4.69) is 53.7 Å². The molecule has 0 aliphatic carbocycles. The van der Waals surface area contributed by atoms with Gasteiger partial charge in [-0.2, -0.15) is 0 Å². The topological polar surface area (TPSA) is 46.5 Å². The Hall–Kier alpha value is -2.29. The Bertz CT molecular complexity index is 751. The monoisotopic (exact) mass is 370 g/mol. The fraction of sp³-hybridized carbons (Fsp3) is 0.458. The molecule has 3 nitrogen and oxygen atoms in total. The van der Waals surface area contributed by atoms with E-state index in [0.717, 1.165) is 11.3 Å². The Morgan fingerprint density at radius 2 is 1.70 bits per heavy atom. The summed E-state index contributed by atoms with van der Waals surface area (Å²) in [6.07, 6.45) is 8.78. The smallest absolute Gasteiger partial charge is 0.328 e. The summed E-state index contributed by atoms with van der Waals surface area (Å²) in [5, 5.41) is 8.78. The Kier molecular flexibility index (Phi) is 7.65. The lowest BCUT2D eigenvalue weighted by molar-refractivity contribution is -0.131. The Morgan fingerprint density at radius 1 is 1.07 bits per heavy atom. The summed E-state index contributed by atoms with van der Waals surface area (Å²) in [4.78, 5) is 10.7. The molecule has 0 radical (unpaired) electrons. The molecule has 0 aromatic heterocycles. The molecule has 0 atom stereocenters. The van der Waals surface area contributed by atoms with Gasteiger partial charge in [-0.05, 0) is 41.9 Å². The van der Waals surface area contributed by atoms with Crippen LogP contribution in [0.3, 0.4) is 0 Å². The molecule has 0 saturated heterocycles. The van der Waals surface area contributed by atoms with Crippen molar-refractivity contribution in [3.63, 3.8) is 0 Å². The van der Waals surface area contributed by atoms with Crippen molar-refractivity contribution in [2.75, 3.05) is 6.61 Å². The fourth-order valence-electron chi connectivity index (χ4n) is 2.68. The summed E-state index contributed by atoms with van der Waals surface area (Å²) in [6.45, 7) is 17.6. The van der Waals surface area contributed by atoms with E-state index in [0.29, 0.717) is 12.2 Å². The summed E-state index contributed by atoms with van der Waals surface area (Å²) >= 11 is 0. The summed E-state index contributed by atoms with van der Waals surface area (Å²) in [5.74, 6) is -0.0205. The zero-order valence-corrected chi connectivity index (χ0v) is 18.0. The van der Waals surface area contributed by atoms with Gasteiger partial charge in [0.1, 0.15) is 5.75 Å². The predicted octanol–water partition coefficient (Wildman–Crippen LogP) is 6.28. The second-order valence-corrected chi connectivity index (χ2v) is 8.82. The van der Waals surface area contributed by atoms with Crippen LogP contribution in [-0.2, 0) is 15.6 Å². The largest absolute Gasteiger partial charge is 0.493 e. The van der Waals surface area contributed by atoms with E-state index >= 15 is 0 Å². The van der Waals surface area contributed by atoms with Gasteiger partial charge < -0.3 is 9.84 Å². The maximum absolute atomic E-state index is 10.7. The third-order valence-electron chi connectivity index (χ3n) is 4.18. The summed E-state index contributed by atoms with van der Waals surface area (Å²) in [7, 11) is 0. The Morgan fingerprint density at radius 3 is 2.19 bits per heavy atom. The first-order valence-electron chi connectivity index (χ1n) is 9.44. The van der Waals surface area contributed by atoms with Crippen LogP contribution in [0, 0.1) is 0 Å². The third kappa shape index (κ3) is 7.09. The molecule has 1 aromatic rings. The van der Waals surface area contributed by atoms with Crippen molar-refractivity contribution in [1.82, 2.24) is 0 Å². The fourth-order valence-corrected chi connectivity index (χ4v) is 2.68. The highest BCUT2D eigenvalue weighted by Gasteiger charge is 2.25. The van der Waals surface area contributed by atoms with Crippen molar-refractivity contribution in [2.45, 2.75) is 66.2 Å². The van der Waals surface area contributed by atoms with Crippen LogP contribution in [-0.4, -0.2) is 17.7 Å². The molecular weight excluding hydrogens is 336 g/mol. The van der Waals surface area contributed by atoms with Crippen LogP contribution in [0.5, 0.6) is 5.75 Å². The van der Waals surface area contributed by atoms with E-state index < -0.39 is 5.97 Å². The molecule has 0 spiro atoms. The number of aliphatic carboxylic acids is 1. The molecule has 0 bridgehead atoms. The summed E-state index contributed by atoms with van der Waals surface area (Å²) in [6, 6.07) is 4.45. The van der Waals surface area contributed by atoms with Crippen LogP contribution in [0.2, 0.25) is 0 Å². The lowest BCUT2D eigenvalue weighted by atomic mass is 9.79. The van der Waals surface area contributed by atoms with E-state index in [1.807, 2.05) is 25.2 Å². The van der Waals surface area contributed by atoms with Crippen molar-refractivity contribution in [2.24, 2.45) is 0 Å². The summed E-state index contributed by atoms with van der Waals surface area (Å²) < 4.78 is 6.03. The maximum Gasteiger partial charge on any atom is 0.328 e. The molecule has 0 heterocycles. The number of allylic oxidation sites excluding steroid dienone is 4. The lowest BCUT2D eigenvalue weighted by Gasteiger charge is -2.28. The van der Waals surface area contributed by atoms with Crippen molar-refractivity contribution in [3.05, 3.63) is 58.7 Å². The number of hydrogen-bond donors (Lipinski definition) is 1. The Balaban J connectivity index is 3.44. The van der Waals surface area contributed by atoms with Crippen LogP contribution >= 0.6 is 0 Å². The van der Waals surface area contributed by atoms with Crippen LogP contribution in [0.15, 0.2) is 42.0 Å². The first-order valence-corrected chi connectivity index (χ1v) is 9.44. The van der Waals surface area contributed by atoms with Crippen molar-refractivity contribution in [1.29, 1.82) is 0 Å². The first kappa shape index (κ1) is 22.8. The zero-order valence-electron chi connectivity index (χ0n) is 18.0. The number of hydrogen-bond acceptors (Lipinski definition) is 2. The number of carbonyl (C=O) groups is 1. The molecule has 0 saturated carbocycles. The van der Waals surface area contributed by atoms with Gasteiger partial charge in [-0.15, -0.1) is 0 Å². The number of ether oxygens (including phenoxy) is 1. The van der Waals surface area contributed by atoms with Gasteiger partial charge in [0.15, 0.2) is 0 Å². The van der Waals surface area contributed by atoms with E-state index in [1.165, 1.54) is 17.2 Å². The number of rotatable bonds is 6. The molecule has 1 N–H and O–H groups in total. The van der Waals surface area contributed by atoms with Gasteiger partial charge >= 0.3 is 5.97 Å². The quantitative estimate of drug-likeness (QED) is 0.473. The van der Waals surface area contributed by atoms with Crippen molar-refractivity contribution in [3.8, 4) is 5.75 Å². The van der Waals surface area contributed by atoms with Gasteiger partial charge in [0, 0.05) is 17.2 Å². The van der Waals surface area contributed by atoms with Gasteiger partial charge in [-0.25, -0.2) is 4.79 Å². The van der Waals surface area contributed by atoms with E-state index in [9.17, 15) is 4.79 Å². The third-order valence-corrected chi connectivity index (χ3v) is 4.18. The van der Waals surface area contributed by atoms with Crippen LogP contribution in [0.25, 0.3) is 6.08 Å². The second kappa shape index (κ2) is 9.07. The molecule has 1 rings (SSSR count). The molecular formula is C24H34O3. The normalized spacial score (nSPS) is 13.6. The number of carboxylic acids is 1. The molecule has 27 heavy (non-hydrogen) atoms. The second-order valence-electron chi connectivity index (χ2n) is 8.82. The van der Waals surface area contributed by atoms with Gasteiger partial charge in [0.05, 0.1) is 6.61 Å². The van der Waals surface area contributed by atoms with Crippen molar-refractivity contribution >= 4 is 12.0 Å². The molecule has 3 heteroatoms. The van der Waals surface area contributed by atoms with Gasteiger partial charge in [0.2, 0.25) is 0 Å². The zero-order chi connectivity index (χ0) is 20.8. The van der Waals surface area contributed by atoms with Gasteiger partial charge in [-0.3, -0.25) is 0 Å². The van der Waals surface area contributed by atoms with Crippen molar-refractivity contribution < 1.29 is 14.6 Å². The highest BCUT2D eigenvalue weighted by molar-refractivity contribution is 5.81. The standard InChI is InChI=1S/C24H34O3/c1-9-27-22-18(13-11-10-12-17(2)14-21(25)26)15-19(23(3,4)5)16-20(22)24(6,7)8/h10-16H,9H2,1-8H3,(H,25,26)/b12-10+,13-11+,17-14+. The highest BCUT2D eigenvalue weighted by Crippen LogP contribution is 2.39. The number of benzene rings is 1. The molecule has 0 aliphatic heterocycles. The Labute approximate surface area is 164 Å². The maximum atomic E-state index is 10.7. The van der Waals surface area contributed by atoms with E-state index in [1.54, 1.807) is 13.0 Å². The number of carboxylic acid groups (broad SMARTS) is 1. The van der Waals surface area contributed by atoms with Gasteiger partial charge in [-0.1, -0.05) is 71.9 Å². The van der Waals surface area contributed by atoms with Crippen LogP contribution < -0.4 is 4.74 Å². The average molecular weight is 371 g/mol.